The van der Waals surface area contributed by atoms with Crippen LogP contribution in [0.3, 0.4) is 0 Å². The first-order valence-corrected chi connectivity index (χ1v) is 5.06. The number of aliphatic hydroxyl groups is 2. The molecule has 0 rings (SSSR count). The van der Waals surface area contributed by atoms with Gasteiger partial charge in [-0.05, 0) is 42.0 Å². The van der Waals surface area contributed by atoms with Crippen LogP contribution in [0.25, 0.3) is 0 Å². The Hall–Kier alpha value is -0.200. The SMILES string of the molecule is CC(O)N(C)C.CC(OCCO)N(C)C. The van der Waals surface area contributed by atoms with E-state index in [1.807, 2.05) is 40.0 Å². The van der Waals surface area contributed by atoms with E-state index in [1.54, 1.807) is 11.8 Å². The van der Waals surface area contributed by atoms with Crippen LogP contribution in [0.5, 0.6) is 0 Å². The highest BCUT2D eigenvalue weighted by Gasteiger charge is 2.01. The van der Waals surface area contributed by atoms with Gasteiger partial charge in [0.15, 0.2) is 0 Å². The highest BCUT2D eigenvalue weighted by molar-refractivity contribution is 4.42. The zero-order chi connectivity index (χ0) is 12.4. The maximum Gasteiger partial charge on any atom is 0.107 e. The van der Waals surface area contributed by atoms with Crippen molar-refractivity contribution in [1.29, 1.82) is 0 Å². The Kier molecular flexibility index (Phi) is 11.8. The predicted molar refractivity (Wildman–Crippen MR) is 61.6 cm³/mol. The van der Waals surface area contributed by atoms with Gasteiger partial charge in [0.05, 0.1) is 13.2 Å². The van der Waals surface area contributed by atoms with E-state index in [0.717, 1.165) is 0 Å². The Bertz CT molecular complexity index is 124. The van der Waals surface area contributed by atoms with Gasteiger partial charge in [0.1, 0.15) is 12.5 Å². The molecule has 0 aliphatic rings. The molecule has 0 radical (unpaired) electrons. The van der Waals surface area contributed by atoms with E-state index in [2.05, 4.69) is 0 Å². The molecule has 5 nitrogen and oxygen atoms in total. The van der Waals surface area contributed by atoms with Gasteiger partial charge in [0.2, 0.25) is 0 Å². The lowest BCUT2D eigenvalue weighted by Gasteiger charge is -2.19. The predicted octanol–water partition coefficient (Wildman–Crippen LogP) is -0.211. The second-order valence-electron chi connectivity index (χ2n) is 3.75. The molecule has 0 aliphatic carbocycles. The van der Waals surface area contributed by atoms with E-state index >= 15 is 0 Å². The van der Waals surface area contributed by atoms with Gasteiger partial charge >= 0.3 is 0 Å². The summed E-state index contributed by atoms with van der Waals surface area (Å²) in [5.41, 5.74) is 0. The Labute approximate surface area is 93.3 Å². The summed E-state index contributed by atoms with van der Waals surface area (Å²) in [6.07, 6.45) is -0.220. The van der Waals surface area contributed by atoms with Crippen molar-refractivity contribution in [2.45, 2.75) is 26.3 Å². The quantitative estimate of drug-likeness (QED) is 0.630. The van der Waals surface area contributed by atoms with E-state index in [9.17, 15) is 0 Å². The molecule has 0 heterocycles. The number of hydrogen-bond acceptors (Lipinski definition) is 5. The molecule has 0 aromatic rings. The summed E-state index contributed by atoms with van der Waals surface area (Å²) in [4.78, 5) is 3.66. The molecular formula is C10H26N2O3. The second kappa shape index (κ2) is 10.3. The number of aliphatic hydroxyl groups excluding tert-OH is 2. The van der Waals surface area contributed by atoms with Crippen LogP contribution in [0, 0.1) is 0 Å². The van der Waals surface area contributed by atoms with Gasteiger partial charge in [-0.15, -0.1) is 0 Å². The minimum atomic E-state index is -0.315. The smallest absolute Gasteiger partial charge is 0.107 e. The van der Waals surface area contributed by atoms with Crippen molar-refractivity contribution < 1.29 is 14.9 Å². The highest BCUT2D eigenvalue weighted by Crippen LogP contribution is 1.91. The minimum Gasteiger partial charge on any atom is -0.394 e. The fraction of sp³-hybridized carbons (Fsp3) is 1.00. The third-order valence-electron chi connectivity index (χ3n) is 1.92. The molecule has 0 bridgehead atoms. The van der Waals surface area contributed by atoms with Crippen LogP contribution in [-0.4, -0.2) is 73.9 Å². The number of hydrogen-bond donors (Lipinski definition) is 2. The fourth-order valence-corrected chi connectivity index (χ4v) is 0.372. The van der Waals surface area contributed by atoms with Crippen LogP contribution in [0.15, 0.2) is 0 Å². The molecule has 0 aromatic heterocycles. The Balaban J connectivity index is 0. The van der Waals surface area contributed by atoms with E-state index in [0.29, 0.717) is 6.61 Å². The van der Waals surface area contributed by atoms with E-state index in [4.69, 9.17) is 14.9 Å². The second-order valence-corrected chi connectivity index (χ2v) is 3.75. The largest absolute Gasteiger partial charge is 0.394 e. The molecule has 0 spiro atoms. The number of nitrogens with zero attached hydrogens (tertiary/aromatic N) is 2. The summed E-state index contributed by atoms with van der Waals surface area (Å²) >= 11 is 0. The molecule has 2 atom stereocenters. The van der Waals surface area contributed by atoms with Crippen molar-refractivity contribution in [3.8, 4) is 0 Å². The summed E-state index contributed by atoms with van der Waals surface area (Å²) in [6, 6.07) is 0. The van der Waals surface area contributed by atoms with Gasteiger partial charge in [-0.2, -0.15) is 0 Å². The average molecular weight is 222 g/mol. The zero-order valence-corrected chi connectivity index (χ0v) is 10.8. The lowest BCUT2D eigenvalue weighted by atomic mass is 10.6. The minimum absolute atomic E-state index is 0.0946. The van der Waals surface area contributed by atoms with Gasteiger partial charge in [-0.25, -0.2) is 0 Å². The van der Waals surface area contributed by atoms with Gasteiger partial charge < -0.3 is 14.9 Å². The summed E-state index contributed by atoms with van der Waals surface area (Å²) in [7, 11) is 7.51. The number of rotatable bonds is 5. The van der Waals surface area contributed by atoms with Crippen LogP contribution in [0.2, 0.25) is 0 Å². The van der Waals surface area contributed by atoms with Gasteiger partial charge in [-0.3, -0.25) is 9.80 Å². The molecule has 0 aliphatic heterocycles. The van der Waals surface area contributed by atoms with Crippen molar-refractivity contribution >= 4 is 0 Å². The first-order valence-electron chi connectivity index (χ1n) is 5.06. The van der Waals surface area contributed by atoms with E-state index in [-0.39, 0.29) is 19.1 Å². The number of ether oxygens (including phenoxy) is 1. The van der Waals surface area contributed by atoms with Gasteiger partial charge in [0.25, 0.3) is 0 Å². The standard InChI is InChI=1S/C6H15NO2.C4H11NO/c1-6(7(2)3)9-5-4-8;1-4(6)5(2)3/h6,8H,4-5H2,1-3H3;4,6H,1-3H3. The fourth-order valence-electron chi connectivity index (χ4n) is 0.372. The van der Waals surface area contributed by atoms with Gasteiger partial charge in [-0.1, -0.05) is 0 Å². The van der Waals surface area contributed by atoms with Crippen molar-refractivity contribution in [2.24, 2.45) is 0 Å². The highest BCUT2D eigenvalue weighted by atomic mass is 16.5. The lowest BCUT2D eigenvalue weighted by molar-refractivity contribution is -0.0358. The van der Waals surface area contributed by atoms with Gasteiger partial charge in [0, 0.05) is 0 Å². The molecule has 0 aromatic carbocycles. The molecule has 0 fully saturated rings. The summed E-state index contributed by atoms with van der Waals surface area (Å²) in [5, 5.41) is 16.9. The van der Waals surface area contributed by atoms with Crippen molar-refractivity contribution in [1.82, 2.24) is 9.80 Å². The third-order valence-corrected chi connectivity index (χ3v) is 1.92. The molecular weight excluding hydrogens is 196 g/mol. The van der Waals surface area contributed by atoms with Crippen molar-refractivity contribution in [2.75, 3.05) is 41.4 Å². The monoisotopic (exact) mass is 222 g/mol. The maximum absolute atomic E-state index is 8.56. The molecule has 0 amide bonds. The Morgan fingerprint density at radius 2 is 1.47 bits per heavy atom. The van der Waals surface area contributed by atoms with Crippen LogP contribution >= 0.6 is 0 Å². The molecule has 94 valence electrons. The van der Waals surface area contributed by atoms with Crippen LogP contribution < -0.4 is 0 Å². The molecule has 2 N–H and O–H groups in total. The normalized spacial score (nSPS) is 14.8. The van der Waals surface area contributed by atoms with E-state index < -0.39 is 0 Å². The summed E-state index contributed by atoms with van der Waals surface area (Å²) in [6.45, 7) is 4.17. The van der Waals surface area contributed by atoms with E-state index in [1.165, 1.54) is 0 Å². The molecule has 5 heteroatoms. The average Bonchev–Trinajstić information content (AvgIpc) is 2.14. The third kappa shape index (κ3) is 13.8. The maximum atomic E-state index is 8.56. The zero-order valence-electron chi connectivity index (χ0n) is 10.8. The topological polar surface area (TPSA) is 56.2 Å². The first kappa shape index (κ1) is 17.2. The molecule has 15 heavy (non-hydrogen) atoms. The summed E-state index contributed by atoms with van der Waals surface area (Å²) in [5.74, 6) is 0. The van der Waals surface area contributed by atoms with Crippen LogP contribution in [0.1, 0.15) is 13.8 Å². The molecule has 0 saturated heterocycles. The Morgan fingerprint density at radius 1 is 1.07 bits per heavy atom. The lowest BCUT2D eigenvalue weighted by Crippen LogP contribution is -2.28. The van der Waals surface area contributed by atoms with Crippen LogP contribution in [0.4, 0.5) is 0 Å². The first-order chi connectivity index (χ1) is 6.82. The van der Waals surface area contributed by atoms with Crippen molar-refractivity contribution in [3.05, 3.63) is 0 Å². The Morgan fingerprint density at radius 3 is 1.67 bits per heavy atom. The molecule has 0 saturated carbocycles. The van der Waals surface area contributed by atoms with Crippen molar-refractivity contribution in [3.63, 3.8) is 0 Å². The van der Waals surface area contributed by atoms with Crippen LogP contribution in [-0.2, 0) is 4.74 Å². The summed E-state index contributed by atoms with van der Waals surface area (Å²) < 4.78 is 5.13. The molecule has 2 unspecified atom stereocenters.